The van der Waals surface area contributed by atoms with Crippen LogP contribution in [-0.4, -0.2) is 40.3 Å². The molecule has 8 heteroatoms. The van der Waals surface area contributed by atoms with E-state index in [9.17, 15) is 14.9 Å². The van der Waals surface area contributed by atoms with Gasteiger partial charge in [0.2, 0.25) is 0 Å². The van der Waals surface area contributed by atoms with Crippen LogP contribution < -0.4 is 5.32 Å². The molecule has 142 valence electrons. The number of nitro groups is 1. The van der Waals surface area contributed by atoms with Crippen molar-refractivity contribution >= 4 is 23.2 Å². The second-order valence-corrected chi connectivity index (χ2v) is 7.15. The Bertz CT molecular complexity index is 808. The molecule has 1 aliphatic rings. The molecule has 1 aromatic heterocycles. The molecule has 1 aliphatic heterocycles. The molecule has 7 nitrogen and oxygen atoms in total. The van der Waals surface area contributed by atoms with Crippen molar-refractivity contribution in [2.45, 2.75) is 19.4 Å². The first-order valence-corrected chi connectivity index (χ1v) is 9.24. The van der Waals surface area contributed by atoms with Gasteiger partial charge in [0.1, 0.15) is 5.56 Å². The van der Waals surface area contributed by atoms with Gasteiger partial charge in [0, 0.05) is 36.6 Å². The number of nitrogens with one attached hydrogen (secondary N) is 1. The average molecular weight is 389 g/mol. The molecule has 0 unspecified atom stereocenters. The van der Waals surface area contributed by atoms with Gasteiger partial charge in [-0.25, -0.2) is 0 Å². The molecule has 0 radical (unpaired) electrons. The highest BCUT2D eigenvalue weighted by molar-refractivity contribution is 6.31. The highest BCUT2D eigenvalue weighted by Gasteiger charge is 2.23. The summed E-state index contributed by atoms with van der Waals surface area (Å²) in [6.07, 6.45) is 5.59. The Morgan fingerprint density at radius 1 is 1.33 bits per heavy atom. The van der Waals surface area contributed by atoms with Gasteiger partial charge < -0.3 is 5.32 Å². The summed E-state index contributed by atoms with van der Waals surface area (Å²) >= 11 is 5.88. The Morgan fingerprint density at radius 3 is 2.78 bits per heavy atom. The van der Waals surface area contributed by atoms with E-state index < -0.39 is 10.8 Å². The normalized spacial score (nSPS) is 15.4. The fourth-order valence-electron chi connectivity index (χ4n) is 3.28. The number of pyridine rings is 1. The van der Waals surface area contributed by atoms with Gasteiger partial charge in [-0.3, -0.25) is 24.8 Å². The minimum absolute atomic E-state index is 0.00140. The van der Waals surface area contributed by atoms with E-state index in [2.05, 4.69) is 21.3 Å². The van der Waals surface area contributed by atoms with Crippen LogP contribution in [0.25, 0.3) is 0 Å². The largest absolute Gasteiger partial charge is 0.352 e. The molecule has 0 spiro atoms. The van der Waals surface area contributed by atoms with E-state index in [1.165, 1.54) is 23.8 Å². The molecule has 27 heavy (non-hydrogen) atoms. The Kier molecular flexibility index (Phi) is 6.36. The zero-order valence-electron chi connectivity index (χ0n) is 14.8. The lowest BCUT2D eigenvalue weighted by Gasteiger charge is -2.32. The molecular weight excluding hydrogens is 368 g/mol. The van der Waals surface area contributed by atoms with Crippen LogP contribution in [0.1, 0.15) is 28.8 Å². The molecule has 1 aromatic carbocycles. The van der Waals surface area contributed by atoms with E-state index in [4.69, 9.17) is 11.6 Å². The summed E-state index contributed by atoms with van der Waals surface area (Å²) in [6, 6.07) is 8.01. The fraction of sp³-hybridized carbons (Fsp3) is 0.368. The predicted molar refractivity (Wildman–Crippen MR) is 103 cm³/mol. The van der Waals surface area contributed by atoms with Gasteiger partial charge in [0.15, 0.2) is 0 Å². The number of carbonyl (C=O) groups is 1. The number of amides is 1. The summed E-state index contributed by atoms with van der Waals surface area (Å²) in [5.41, 5.74) is 0.960. The van der Waals surface area contributed by atoms with Crippen LogP contribution in [-0.2, 0) is 6.54 Å². The van der Waals surface area contributed by atoms with Crippen molar-refractivity contribution in [2.24, 2.45) is 5.92 Å². The van der Waals surface area contributed by atoms with E-state index >= 15 is 0 Å². The monoisotopic (exact) mass is 388 g/mol. The Labute approximate surface area is 162 Å². The summed E-state index contributed by atoms with van der Waals surface area (Å²) in [5.74, 6) is -0.0978. The molecule has 1 saturated heterocycles. The second kappa shape index (κ2) is 8.92. The molecule has 0 bridgehead atoms. The number of carbonyl (C=O) groups excluding carboxylic acids is 1. The molecule has 1 N–H and O–H groups in total. The number of aromatic nitrogens is 1. The summed E-state index contributed by atoms with van der Waals surface area (Å²) in [5, 5.41) is 14.2. The predicted octanol–water partition coefficient (Wildman–Crippen LogP) is 3.29. The molecular formula is C19H21ClN4O3. The molecule has 1 amide bonds. The number of hydrogen-bond donors (Lipinski definition) is 1. The van der Waals surface area contributed by atoms with E-state index in [1.54, 1.807) is 6.20 Å². The van der Waals surface area contributed by atoms with Crippen LogP contribution in [0.5, 0.6) is 0 Å². The first kappa shape index (κ1) is 19.3. The topological polar surface area (TPSA) is 88.4 Å². The van der Waals surface area contributed by atoms with Crippen molar-refractivity contribution < 1.29 is 9.72 Å². The Hall–Kier alpha value is -2.51. The summed E-state index contributed by atoms with van der Waals surface area (Å²) < 4.78 is 0. The second-order valence-electron chi connectivity index (χ2n) is 6.71. The van der Waals surface area contributed by atoms with Crippen molar-refractivity contribution in [1.29, 1.82) is 0 Å². The average Bonchev–Trinajstić information content (AvgIpc) is 2.67. The van der Waals surface area contributed by atoms with Gasteiger partial charge in [-0.2, -0.15) is 0 Å². The SMILES string of the molecule is O=C(NCC1CCN(Cc2cccnc2)CC1)c1cc(Cl)ccc1[N+](=O)[O-]. The lowest BCUT2D eigenvalue weighted by atomic mass is 9.96. The van der Waals surface area contributed by atoms with Gasteiger partial charge in [-0.1, -0.05) is 17.7 Å². The van der Waals surface area contributed by atoms with Gasteiger partial charge in [-0.15, -0.1) is 0 Å². The van der Waals surface area contributed by atoms with Crippen LogP contribution in [0, 0.1) is 16.0 Å². The minimum Gasteiger partial charge on any atom is -0.352 e. The molecule has 0 saturated carbocycles. The van der Waals surface area contributed by atoms with Crippen LogP contribution in [0.2, 0.25) is 5.02 Å². The molecule has 0 atom stereocenters. The zero-order chi connectivity index (χ0) is 19.2. The Balaban J connectivity index is 1.50. The van der Waals surface area contributed by atoms with E-state index in [0.717, 1.165) is 32.5 Å². The third kappa shape index (κ3) is 5.24. The van der Waals surface area contributed by atoms with Gasteiger partial charge in [-0.05, 0) is 55.6 Å². The van der Waals surface area contributed by atoms with E-state index in [1.807, 2.05) is 12.3 Å². The van der Waals surface area contributed by atoms with E-state index in [0.29, 0.717) is 17.5 Å². The summed E-state index contributed by atoms with van der Waals surface area (Å²) in [7, 11) is 0. The fourth-order valence-corrected chi connectivity index (χ4v) is 3.45. The molecule has 1 fully saturated rings. The number of nitrogens with zero attached hydrogens (tertiary/aromatic N) is 3. The minimum atomic E-state index is -0.567. The third-order valence-corrected chi connectivity index (χ3v) is 5.02. The molecule has 3 rings (SSSR count). The van der Waals surface area contributed by atoms with Crippen molar-refractivity contribution in [3.8, 4) is 0 Å². The van der Waals surface area contributed by atoms with Crippen molar-refractivity contribution in [2.75, 3.05) is 19.6 Å². The number of halogens is 1. The van der Waals surface area contributed by atoms with Crippen LogP contribution in [0.15, 0.2) is 42.7 Å². The van der Waals surface area contributed by atoms with E-state index in [-0.39, 0.29) is 11.3 Å². The summed E-state index contributed by atoms with van der Waals surface area (Å²) in [4.78, 5) is 29.4. The first-order chi connectivity index (χ1) is 13.0. The number of hydrogen-bond acceptors (Lipinski definition) is 5. The number of piperidine rings is 1. The maximum atomic E-state index is 12.4. The van der Waals surface area contributed by atoms with Crippen molar-refractivity contribution in [3.63, 3.8) is 0 Å². The van der Waals surface area contributed by atoms with Gasteiger partial charge in [0.25, 0.3) is 11.6 Å². The Morgan fingerprint density at radius 2 is 2.11 bits per heavy atom. The maximum Gasteiger partial charge on any atom is 0.282 e. The highest BCUT2D eigenvalue weighted by Crippen LogP contribution is 2.23. The van der Waals surface area contributed by atoms with Crippen molar-refractivity contribution in [3.05, 3.63) is 69.0 Å². The number of benzene rings is 1. The smallest absolute Gasteiger partial charge is 0.282 e. The molecule has 2 aromatic rings. The standard InChI is InChI=1S/C19H21ClN4O3/c20-16-3-4-18(24(26)27)17(10-16)19(25)22-12-14-5-8-23(9-6-14)13-15-2-1-7-21-11-15/h1-4,7,10-11,14H,5-6,8-9,12-13H2,(H,22,25). The zero-order valence-corrected chi connectivity index (χ0v) is 15.6. The molecule has 2 heterocycles. The lowest BCUT2D eigenvalue weighted by molar-refractivity contribution is -0.385. The number of nitro benzene ring substituents is 1. The van der Waals surface area contributed by atoms with Crippen LogP contribution in [0.3, 0.4) is 0 Å². The highest BCUT2D eigenvalue weighted by atomic mass is 35.5. The number of likely N-dealkylation sites (tertiary alicyclic amines) is 1. The quantitative estimate of drug-likeness (QED) is 0.606. The third-order valence-electron chi connectivity index (χ3n) is 4.79. The van der Waals surface area contributed by atoms with Crippen molar-refractivity contribution in [1.82, 2.24) is 15.2 Å². The van der Waals surface area contributed by atoms with Crippen LogP contribution >= 0.6 is 11.6 Å². The van der Waals surface area contributed by atoms with Gasteiger partial charge >= 0.3 is 0 Å². The van der Waals surface area contributed by atoms with Crippen LogP contribution in [0.4, 0.5) is 5.69 Å². The maximum absolute atomic E-state index is 12.4. The first-order valence-electron chi connectivity index (χ1n) is 8.86. The lowest BCUT2D eigenvalue weighted by Crippen LogP contribution is -2.38. The molecule has 0 aliphatic carbocycles. The van der Waals surface area contributed by atoms with Gasteiger partial charge in [0.05, 0.1) is 4.92 Å². The number of rotatable bonds is 6. The summed E-state index contributed by atoms with van der Waals surface area (Å²) in [6.45, 7) is 3.28.